The van der Waals surface area contributed by atoms with E-state index in [0.717, 1.165) is 0 Å². The molecule has 0 spiro atoms. The molecule has 2 aromatic heterocycles. The summed E-state index contributed by atoms with van der Waals surface area (Å²) in [5.41, 5.74) is 6.76. The van der Waals surface area contributed by atoms with E-state index in [9.17, 15) is 5.11 Å². The van der Waals surface area contributed by atoms with Gasteiger partial charge >= 0.3 is 0 Å². The first-order valence-corrected chi connectivity index (χ1v) is 4.87. The average molecular weight is 244 g/mol. The molecule has 0 aliphatic rings. The predicted octanol–water partition coefficient (Wildman–Crippen LogP) is 1.42. The van der Waals surface area contributed by atoms with Gasteiger partial charge < -0.3 is 15.3 Å². The normalized spacial score (nSPS) is 14.4. The summed E-state index contributed by atoms with van der Waals surface area (Å²) < 4.78 is 5.35. The zero-order valence-electron chi connectivity index (χ0n) is 8.83. The number of aliphatic hydroxyl groups excluding tert-OH is 1. The predicted molar refractivity (Wildman–Crippen MR) is 62.3 cm³/mol. The smallest absolute Gasteiger partial charge is 0.227 e. The van der Waals surface area contributed by atoms with Gasteiger partial charge in [-0.25, -0.2) is 4.98 Å². The summed E-state index contributed by atoms with van der Waals surface area (Å²) in [5.74, 6) is 0.234. The Morgan fingerprint density at radius 2 is 2.31 bits per heavy atom. The van der Waals surface area contributed by atoms with Gasteiger partial charge in [0.1, 0.15) is 6.10 Å². The molecule has 2 aromatic rings. The maximum atomic E-state index is 9.78. The monoisotopic (exact) mass is 243 g/mol. The Morgan fingerprint density at radius 3 is 2.94 bits per heavy atom. The van der Waals surface area contributed by atoms with Gasteiger partial charge in [-0.3, -0.25) is 0 Å². The van der Waals surface area contributed by atoms with Crippen LogP contribution < -0.4 is 5.73 Å². The fourth-order valence-corrected chi connectivity index (χ4v) is 1.32. The number of oxazole rings is 1. The molecule has 3 N–H and O–H groups in total. The summed E-state index contributed by atoms with van der Waals surface area (Å²) in [6.07, 6.45) is 1.41. The van der Waals surface area contributed by atoms with Crippen molar-refractivity contribution < 1.29 is 9.52 Å². The Kier molecular flexibility index (Phi) is 4.23. The summed E-state index contributed by atoms with van der Waals surface area (Å²) in [6.45, 7) is 1.90. The van der Waals surface area contributed by atoms with Crippen molar-refractivity contribution in [1.29, 1.82) is 0 Å². The molecule has 0 bridgehead atoms. The molecule has 0 radical (unpaired) electrons. The molecule has 2 heterocycles. The van der Waals surface area contributed by atoms with E-state index in [4.69, 9.17) is 10.2 Å². The van der Waals surface area contributed by atoms with Gasteiger partial charge in [0, 0.05) is 12.2 Å². The highest BCUT2D eigenvalue weighted by Crippen LogP contribution is 2.20. The molecule has 16 heavy (non-hydrogen) atoms. The Balaban J connectivity index is 0.00000128. The topological polar surface area (TPSA) is 85.2 Å². The molecule has 6 heteroatoms. The Labute approximate surface area is 99.1 Å². The SMILES string of the molecule is CCC(N)C(O)c1nc2ncccc2o1.Cl. The van der Waals surface area contributed by atoms with Crippen LogP contribution in [0, 0.1) is 0 Å². The number of rotatable bonds is 3. The van der Waals surface area contributed by atoms with Gasteiger partial charge in [-0.05, 0) is 18.6 Å². The third-order valence-corrected chi connectivity index (χ3v) is 2.31. The second-order valence-corrected chi connectivity index (χ2v) is 3.39. The minimum absolute atomic E-state index is 0. The molecule has 2 unspecified atom stereocenters. The van der Waals surface area contributed by atoms with Gasteiger partial charge in [-0.1, -0.05) is 6.92 Å². The lowest BCUT2D eigenvalue weighted by atomic mass is 10.1. The third kappa shape index (κ3) is 2.32. The number of hydrogen-bond acceptors (Lipinski definition) is 5. The molecule has 0 amide bonds. The van der Waals surface area contributed by atoms with Crippen molar-refractivity contribution in [1.82, 2.24) is 9.97 Å². The molecule has 0 saturated carbocycles. The van der Waals surface area contributed by atoms with E-state index in [1.807, 2.05) is 6.92 Å². The Hall–Kier alpha value is -1.17. The molecule has 2 rings (SSSR count). The van der Waals surface area contributed by atoms with Gasteiger partial charge in [-0.2, -0.15) is 4.98 Å². The van der Waals surface area contributed by atoms with Gasteiger partial charge in [0.2, 0.25) is 5.89 Å². The average Bonchev–Trinajstić information content (AvgIpc) is 2.70. The summed E-state index contributed by atoms with van der Waals surface area (Å²) in [7, 11) is 0. The lowest BCUT2D eigenvalue weighted by molar-refractivity contribution is 0.116. The van der Waals surface area contributed by atoms with E-state index in [1.165, 1.54) is 0 Å². The standard InChI is InChI=1S/C10H13N3O2.ClH/c1-2-6(11)8(14)10-13-9-7(15-10)4-3-5-12-9;/h3-6,8,14H,2,11H2,1H3;1H. The Bertz CT molecular complexity index is 427. The number of nitrogens with two attached hydrogens (primary N) is 1. The van der Waals surface area contributed by atoms with Crippen LogP contribution in [0.2, 0.25) is 0 Å². The third-order valence-electron chi connectivity index (χ3n) is 2.31. The summed E-state index contributed by atoms with van der Waals surface area (Å²) in [6, 6.07) is 3.14. The van der Waals surface area contributed by atoms with Crippen LogP contribution in [0.25, 0.3) is 11.2 Å². The molecule has 0 saturated heterocycles. The van der Waals surface area contributed by atoms with Crippen molar-refractivity contribution in [3.63, 3.8) is 0 Å². The number of halogens is 1. The van der Waals surface area contributed by atoms with E-state index in [0.29, 0.717) is 17.7 Å². The van der Waals surface area contributed by atoms with Crippen molar-refractivity contribution in [3.8, 4) is 0 Å². The quantitative estimate of drug-likeness (QED) is 0.852. The van der Waals surface area contributed by atoms with E-state index in [1.54, 1.807) is 18.3 Å². The van der Waals surface area contributed by atoms with E-state index >= 15 is 0 Å². The minimum Gasteiger partial charge on any atom is -0.436 e. The van der Waals surface area contributed by atoms with Crippen molar-refractivity contribution >= 4 is 23.6 Å². The molecular weight excluding hydrogens is 230 g/mol. The van der Waals surface area contributed by atoms with Gasteiger partial charge in [0.15, 0.2) is 11.2 Å². The first kappa shape index (κ1) is 12.9. The molecular formula is C10H14ClN3O2. The number of aliphatic hydroxyl groups is 1. The van der Waals surface area contributed by atoms with E-state index in [2.05, 4.69) is 9.97 Å². The van der Waals surface area contributed by atoms with Crippen LogP contribution >= 0.6 is 12.4 Å². The van der Waals surface area contributed by atoms with Crippen LogP contribution in [-0.4, -0.2) is 21.1 Å². The maximum absolute atomic E-state index is 9.78. The number of hydrogen-bond donors (Lipinski definition) is 2. The van der Waals surface area contributed by atoms with E-state index in [-0.39, 0.29) is 24.3 Å². The first-order valence-electron chi connectivity index (χ1n) is 4.87. The highest BCUT2D eigenvalue weighted by atomic mass is 35.5. The molecule has 88 valence electrons. The number of fused-ring (bicyclic) bond motifs is 1. The second-order valence-electron chi connectivity index (χ2n) is 3.39. The van der Waals surface area contributed by atoms with Crippen LogP contribution in [0.4, 0.5) is 0 Å². The molecule has 0 fully saturated rings. The minimum atomic E-state index is -0.871. The summed E-state index contributed by atoms with van der Waals surface area (Å²) >= 11 is 0. The zero-order valence-corrected chi connectivity index (χ0v) is 9.65. The van der Waals surface area contributed by atoms with Crippen LogP contribution in [0.5, 0.6) is 0 Å². The zero-order chi connectivity index (χ0) is 10.8. The van der Waals surface area contributed by atoms with E-state index < -0.39 is 6.10 Å². The van der Waals surface area contributed by atoms with Crippen LogP contribution in [0.3, 0.4) is 0 Å². The van der Waals surface area contributed by atoms with Crippen molar-refractivity contribution in [2.75, 3.05) is 0 Å². The lowest BCUT2D eigenvalue weighted by Gasteiger charge is -2.12. The molecule has 0 aliphatic heterocycles. The fourth-order valence-electron chi connectivity index (χ4n) is 1.32. The highest BCUT2D eigenvalue weighted by Gasteiger charge is 2.21. The molecule has 0 aromatic carbocycles. The molecule has 2 atom stereocenters. The number of aromatic nitrogens is 2. The van der Waals surface area contributed by atoms with Crippen LogP contribution in [0.1, 0.15) is 25.3 Å². The lowest BCUT2D eigenvalue weighted by Crippen LogP contribution is -2.27. The van der Waals surface area contributed by atoms with Crippen molar-refractivity contribution in [3.05, 3.63) is 24.2 Å². The fraction of sp³-hybridized carbons (Fsp3) is 0.400. The second kappa shape index (κ2) is 5.25. The molecule has 5 nitrogen and oxygen atoms in total. The van der Waals surface area contributed by atoms with Gasteiger partial charge in [0.05, 0.1) is 0 Å². The van der Waals surface area contributed by atoms with Gasteiger partial charge in [-0.15, -0.1) is 12.4 Å². The highest BCUT2D eigenvalue weighted by molar-refractivity contribution is 5.85. The first-order chi connectivity index (χ1) is 7.22. The van der Waals surface area contributed by atoms with Gasteiger partial charge in [0.25, 0.3) is 0 Å². The summed E-state index contributed by atoms with van der Waals surface area (Å²) in [4.78, 5) is 8.09. The van der Waals surface area contributed by atoms with Crippen molar-refractivity contribution in [2.45, 2.75) is 25.5 Å². The largest absolute Gasteiger partial charge is 0.436 e. The van der Waals surface area contributed by atoms with Crippen LogP contribution in [0.15, 0.2) is 22.7 Å². The number of nitrogens with zero attached hydrogens (tertiary/aromatic N) is 2. The Morgan fingerprint density at radius 1 is 1.56 bits per heavy atom. The maximum Gasteiger partial charge on any atom is 0.227 e. The number of pyridine rings is 1. The molecule has 0 aliphatic carbocycles. The van der Waals surface area contributed by atoms with Crippen molar-refractivity contribution in [2.24, 2.45) is 5.73 Å². The van der Waals surface area contributed by atoms with Crippen LogP contribution in [-0.2, 0) is 0 Å². The summed E-state index contributed by atoms with van der Waals surface area (Å²) in [5, 5.41) is 9.78.